The van der Waals surface area contributed by atoms with Crippen molar-refractivity contribution in [1.82, 2.24) is 4.98 Å². The molecule has 2 rings (SSSR count). The number of carbonyl (C=O) groups is 1. The van der Waals surface area contributed by atoms with Gasteiger partial charge >= 0.3 is 0 Å². The molecule has 0 aromatic carbocycles. The number of amides is 1. The van der Waals surface area contributed by atoms with Crippen molar-refractivity contribution in [2.45, 2.75) is 32.1 Å². The molecule has 0 saturated heterocycles. The number of nitrogens with zero attached hydrogens (tertiary/aromatic N) is 1. The van der Waals surface area contributed by atoms with Crippen LogP contribution in [0.2, 0.25) is 5.02 Å². The number of anilines is 1. The van der Waals surface area contributed by atoms with Crippen molar-refractivity contribution >= 4 is 23.2 Å². The Morgan fingerprint density at radius 1 is 1.47 bits per heavy atom. The zero-order valence-corrected chi connectivity index (χ0v) is 10.3. The number of halogens is 1. The SMILES string of the molecule is O=C(CC1=CCCCC1)Nc1cnccc1Cl. The average molecular weight is 251 g/mol. The van der Waals surface area contributed by atoms with Crippen LogP contribution in [-0.2, 0) is 4.79 Å². The molecule has 90 valence electrons. The van der Waals surface area contributed by atoms with Crippen LogP contribution in [0.3, 0.4) is 0 Å². The van der Waals surface area contributed by atoms with E-state index in [4.69, 9.17) is 11.6 Å². The number of carbonyl (C=O) groups excluding carboxylic acids is 1. The van der Waals surface area contributed by atoms with E-state index in [1.165, 1.54) is 18.4 Å². The highest BCUT2D eigenvalue weighted by Crippen LogP contribution is 2.22. The minimum atomic E-state index is -0.0203. The van der Waals surface area contributed by atoms with Crippen LogP contribution < -0.4 is 5.32 Å². The zero-order valence-electron chi connectivity index (χ0n) is 9.58. The predicted octanol–water partition coefficient (Wildman–Crippen LogP) is 3.56. The van der Waals surface area contributed by atoms with Crippen LogP contribution in [0.5, 0.6) is 0 Å². The fraction of sp³-hybridized carbons (Fsp3) is 0.385. The summed E-state index contributed by atoms with van der Waals surface area (Å²) >= 11 is 5.94. The Labute approximate surface area is 106 Å². The summed E-state index contributed by atoms with van der Waals surface area (Å²) in [7, 11) is 0. The van der Waals surface area contributed by atoms with Crippen LogP contribution in [0.1, 0.15) is 32.1 Å². The van der Waals surface area contributed by atoms with Gasteiger partial charge < -0.3 is 5.32 Å². The summed E-state index contributed by atoms with van der Waals surface area (Å²) in [5.74, 6) is -0.0203. The molecule has 1 aliphatic carbocycles. The molecular weight excluding hydrogens is 236 g/mol. The van der Waals surface area contributed by atoms with Gasteiger partial charge in [-0.3, -0.25) is 9.78 Å². The Kier molecular flexibility index (Phi) is 4.15. The maximum Gasteiger partial charge on any atom is 0.228 e. The minimum absolute atomic E-state index is 0.0203. The topological polar surface area (TPSA) is 42.0 Å². The molecule has 0 bridgehead atoms. The molecule has 17 heavy (non-hydrogen) atoms. The first-order chi connectivity index (χ1) is 8.25. The molecule has 0 fully saturated rings. The Bertz CT molecular complexity index is 443. The van der Waals surface area contributed by atoms with Crippen molar-refractivity contribution in [3.63, 3.8) is 0 Å². The fourth-order valence-electron chi connectivity index (χ4n) is 1.94. The molecule has 0 radical (unpaired) electrons. The lowest BCUT2D eigenvalue weighted by Crippen LogP contribution is -2.13. The van der Waals surface area contributed by atoms with Gasteiger partial charge in [0.05, 0.1) is 16.9 Å². The molecule has 0 unspecified atom stereocenters. The summed E-state index contributed by atoms with van der Waals surface area (Å²) in [6.45, 7) is 0. The van der Waals surface area contributed by atoms with Crippen molar-refractivity contribution < 1.29 is 4.79 Å². The first kappa shape index (κ1) is 12.1. The van der Waals surface area contributed by atoms with Gasteiger partial charge in [0.15, 0.2) is 0 Å². The van der Waals surface area contributed by atoms with Crippen LogP contribution >= 0.6 is 11.6 Å². The number of pyridine rings is 1. The molecule has 3 nitrogen and oxygen atoms in total. The maximum atomic E-state index is 11.8. The van der Waals surface area contributed by atoms with E-state index in [0.717, 1.165) is 12.8 Å². The van der Waals surface area contributed by atoms with E-state index < -0.39 is 0 Å². The molecule has 0 atom stereocenters. The summed E-state index contributed by atoms with van der Waals surface area (Å²) in [6.07, 6.45) is 10.4. The quantitative estimate of drug-likeness (QED) is 0.834. The molecule has 1 amide bonds. The third-order valence-corrected chi connectivity index (χ3v) is 3.14. The molecule has 0 spiro atoms. The number of hydrogen-bond donors (Lipinski definition) is 1. The molecule has 1 aromatic heterocycles. The summed E-state index contributed by atoms with van der Waals surface area (Å²) in [5.41, 5.74) is 1.81. The third-order valence-electron chi connectivity index (χ3n) is 2.81. The lowest BCUT2D eigenvalue weighted by Gasteiger charge is -2.12. The first-order valence-electron chi connectivity index (χ1n) is 5.83. The smallest absolute Gasteiger partial charge is 0.228 e. The van der Waals surface area contributed by atoms with Gasteiger partial charge in [-0.15, -0.1) is 0 Å². The van der Waals surface area contributed by atoms with Gasteiger partial charge in [0, 0.05) is 12.6 Å². The minimum Gasteiger partial charge on any atom is -0.323 e. The second-order valence-electron chi connectivity index (χ2n) is 4.19. The maximum absolute atomic E-state index is 11.8. The van der Waals surface area contributed by atoms with E-state index in [1.54, 1.807) is 18.5 Å². The van der Waals surface area contributed by atoms with Crippen LogP contribution in [0.4, 0.5) is 5.69 Å². The van der Waals surface area contributed by atoms with E-state index in [1.807, 2.05) is 0 Å². The highest BCUT2D eigenvalue weighted by molar-refractivity contribution is 6.33. The van der Waals surface area contributed by atoms with Crippen molar-refractivity contribution in [3.05, 3.63) is 35.1 Å². The van der Waals surface area contributed by atoms with Crippen LogP contribution in [0, 0.1) is 0 Å². The molecule has 1 N–H and O–H groups in total. The van der Waals surface area contributed by atoms with Gasteiger partial charge in [0.1, 0.15) is 0 Å². The molecule has 1 aliphatic rings. The Hall–Kier alpha value is -1.35. The second kappa shape index (κ2) is 5.82. The Morgan fingerprint density at radius 2 is 2.35 bits per heavy atom. The van der Waals surface area contributed by atoms with E-state index in [-0.39, 0.29) is 5.91 Å². The molecule has 1 aromatic rings. The molecular formula is C13H15ClN2O. The lowest BCUT2D eigenvalue weighted by atomic mass is 9.97. The highest BCUT2D eigenvalue weighted by atomic mass is 35.5. The van der Waals surface area contributed by atoms with Gasteiger partial charge in [-0.05, 0) is 31.7 Å². The molecule has 0 aliphatic heterocycles. The fourth-order valence-corrected chi connectivity index (χ4v) is 2.09. The van der Waals surface area contributed by atoms with Crippen LogP contribution in [-0.4, -0.2) is 10.9 Å². The van der Waals surface area contributed by atoms with Gasteiger partial charge in [0.25, 0.3) is 0 Å². The standard InChI is InChI=1S/C13H15ClN2O/c14-11-6-7-15-9-12(11)16-13(17)8-10-4-2-1-3-5-10/h4,6-7,9H,1-3,5,8H2,(H,16,17). The number of nitrogens with one attached hydrogen (secondary N) is 1. The summed E-state index contributed by atoms with van der Waals surface area (Å²) in [5, 5.41) is 3.30. The summed E-state index contributed by atoms with van der Waals surface area (Å²) < 4.78 is 0. The number of aromatic nitrogens is 1. The molecule has 1 heterocycles. The zero-order chi connectivity index (χ0) is 12.1. The van der Waals surface area contributed by atoms with Crippen LogP contribution in [0.15, 0.2) is 30.1 Å². The van der Waals surface area contributed by atoms with Gasteiger partial charge in [-0.2, -0.15) is 0 Å². The summed E-state index contributed by atoms with van der Waals surface area (Å²) in [4.78, 5) is 15.7. The van der Waals surface area contributed by atoms with Crippen molar-refractivity contribution in [2.75, 3.05) is 5.32 Å². The van der Waals surface area contributed by atoms with Gasteiger partial charge in [0.2, 0.25) is 5.91 Å². The average Bonchev–Trinajstić information content (AvgIpc) is 2.33. The van der Waals surface area contributed by atoms with E-state index in [9.17, 15) is 4.79 Å². The first-order valence-corrected chi connectivity index (χ1v) is 6.21. The van der Waals surface area contributed by atoms with Gasteiger partial charge in [-0.25, -0.2) is 0 Å². The second-order valence-corrected chi connectivity index (χ2v) is 4.60. The van der Waals surface area contributed by atoms with E-state index in [2.05, 4.69) is 16.4 Å². The molecule has 0 saturated carbocycles. The van der Waals surface area contributed by atoms with Crippen molar-refractivity contribution in [1.29, 1.82) is 0 Å². The van der Waals surface area contributed by atoms with Crippen LogP contribution in [0.25, 0.3) is 0 Å². The van der Waals surface area contributed by atoms with E-state index in [0.29, 0.717) is 17.1 Å². The molecule has 4 heteroatoms. The highest BCUT2D eigenvalue weighted by Gasteiger charge is 2.10. The Morgan fingerprint density at radius 3 is 3.06 bits per heavy atom. The monoisotopic (exact) mass is 250 g/mol. The predicted molar refractivity (Wildman–Crippen MR) is 69.0 cm³/mol. The number of allylic oxidation sites excluding steroid dienone is 1. The normalized spacial score (nSPS) is 15.2. The van der Waals surface area contributed by atoms with E-state index >= 15 is 0 Å². The van der Waals surface area contributed by atoms with Crippen molar-refractivity contribution in [3.8, 4) is 0 Å². The van der Waals surface area contributed by atoms with Crippen molar-refractivity contribution in [2.24, 2.45) is 0 Å². The number of hydrogen-bond acceptors (Lipinski definition) is 2. The third kappa shape index (κ3) is 3.56. The number of rotatable bonds is 3. The van der Waals surface area contributed by atoms with Gasteiger partial charge in [-0.1, -0.05) is 23.3 Å². The summed E-state index contributed by atoms with van der Waals surface area (Å²) in [6, 6.07) is 1.66. The lowest BCUT2D eigenvalue weighted by molar-refractivity contribution is -0.115. The Balaban J connectivity index is 1.93. The largest absolute Gasteiger partial charge is 0.323 e.